The summed E-state index contributed by atoms with van der Waals surface area (Å²) in [5.74, 6) is 0.372. The van der Waals surface area contributed by atoms with Gasteiger partial charge in [-0.3, -0.25) is 4.98 Å². The molecule has 3 heterocycles. The normalized spacial score (nSPS) is 20.6. The Hall–Kier alpha value is -2.22. The molecule has 1 amide bonds. The summed E-state index contributed by atoms with van der Waals surface area (Å²) in [4.78, 5) is 26.3. The largest absolute Gasteiger partial charge is 0.444 e. The van der Waals surface area contributed by atoms with Crippen molar-refractivity contribution in [2.24, 2.45) is 0 Å². The molecule has 2 aromatic rings. The fourth-order valence-corrected chi connectivity index (χ4v) is 3.21. The highest BCUT2D eigenvalue weighted by Crippen LogP contribution is 2.28. The van der Waals surface area contributed by atoms with E-state index < -0.39 is 17.4 Å². The Morgan fingerprint density at radius 3 is 2.89 bits per heavy atom. The van der Waals surface area contributed by atoms with Crippen LogP contribution in [0.1, 0.15) is 33.6 Å². The van der Waals surface area contributed by atoms with Crippen molar-refractivity contribution in [2.45, 2.75) is 44.9 Å². The molecule has 1 saturated heterocycles. The topological polar surface area (TPSA) is 80.2 Å². The lowest BCUT2D eigenvalue weighted by molar-refractivity contribution is -0.00210. The number of hydrogen-bond acceptors (Lipinski definition) is 6. The fourth-order valence-electron chi connectivity index (χ4n) is 3.02. The van der Waals surface area contributed by atoms with Crippen LogP contribution in [0.3, 0.4) is 0 Å². The number of piperidine rings is 1. The van der Waals surface area contributed by atoms with E-state index in [1.54, 1.807) is 39.2 Å². The van der Waals surface area contributed by atoms with E-state index in [4.69, 9.17) is 16.3 Å². The van der Waals surface area contributed by atoms with Crippen LogP contribution < -0.4 is 5.32 Å². The van der Waals surface area contributed by atoms with Crippen molar-refractivity contribution in [1.82, 2.24) is 19.9 Å². The summed E-state index contributed by atoms with van der Waals surface area (Å²) >= 11 is 6.02. The van der Waals surface area contributed by atoms with E-state index >= 15 is 4.39 Å². The number of fused-ring (bicyclic) bond motifs is 1. The van der Waals surface area contributed by atoms with E-state index in [0.29, 0.717) is 36.2 Å². The molecule has 2 aromatic heterocycles. The molecule has 1 N–H and O–H groups in total. The lowest BCUT2D eigenvalue weighted by Crippen LogP contribution is -2.52. The van der Waals surface area contributed by atoms with Crippen molar-refractivity contribution < 1.29 is 13.9 Å². The molecule has 0 bridgehead atoms. The molecule has 1 aliphatic rings. The maximum atomic E-state index is 15.4. The molecule has 0 saturated carbocycles. The molecule has 0 aliphatic carbocycles. The van der Waals surface area contributed by atoms with Gasteiger partial charge in [0.2, 0.25) is 0 Å². The molecule has 1 aliphatic heterocycles. The average molecular weight is 396 g/mol. The number of nitrogens with zero attached hydrogens (tertiary/aromatic N) is 4. The smallest absolute Gasteiger partial charge is 0.410 e. The Morgan fingerprint density at radius 2 is 2.15 bits per heavy atom. The molecule has 3 rings (SSSR count). The number of carbonyl (C=O) groups is 1. The van der Waals surface area contributed by atoms with Crippen LogP contribution in [0.4, 0.5) is 15.0 Å². The first-order chi connectivity index (χ1) is 12.7. The number of likely N-dealkylation sites (tertiary alicyclic amines) is 1. The van der Waals surface area contributed by atoms with Crippen LogP contribution in [0.25, 0.3) is 11.0 Å². The number of alkyl halides is 1. The number of amides is 1. The van der Waals surface area contributed by atoms with Crippen LogP contribution in [0, 0.1) is 0 Å². The summed E-state index contributed by atoms with van der Waals surface area (Å²) in [6.45, 7) is 5.77. The maximum absolute atomic E-state index is 15.4. The number of nitrogens with one attached hydrogen (secondary N) is 1. The molecule has 0 unspecified atom stereocenters. The minimum Gasteiger partial charge on any atom is -0.444 e. The molecule has 0 spiro atoms. The summed E-state index contributed by atoms with van der Waals surface area (Å²) in [5, 5.41) is 3.24. The summed E-state index contributed by atoms with van der Waals surface area (Å²) in [7, 11) is 0. The van der Waals surface area contributed by atoms with Crippen LogP contribution in [0.15, 0.2) is 18.5 Å². The van der Waals surface area contributed by atoms with Crippen LogP contribution in [0.2, 0.25) is 5.15 Å². The molecule has 27 heavy (non-hydrogen) atoms. The number of ether oxygens (including phenoxy) is 1. The molecule has 9 heteroatoms. The zero-order valence-electron chi connectivity index (χ0n) is 15.6. The van der Waals surface area contributed by atoms with E-state index in [0.717, 1.165) is 0 Å². The standard InChI is InChI=1S/C18H23ClFN5O2/c1-17(2,3)27-16(26)25-8-4-5-18(20,11-25)10-23-15-14-12(9-13(19)24-15)21-6-7-22-14/h6-7,9H,4-5,8,10-11H2,1-3H3,(H,23,24)/t18-/m1/s1. The first-order valence-corrected chi connectivity index (χ1v) is 9.21. The van der Waals surface area contributed by atoms with Gasteiger partial charge in [0.1, 0.15) is 21.9 Å². The van der Waals surface area contributed by atoms with Gasteiger partial charge in [-0.1, -0.05) is 11.6 Å². The molecule has 7 nitrogen and oxygen atoms in total. The number of anilines is 1. The van der Waals surface area contributed by atoms with Gasteiger partial charge in [0.15, 0.2) is 5.82 Å². The van der Waals surface area contributed by atoms with Gasteiger partial charge in [-0.05, 0) is 33.6 Å². The minimum atomic E-state index is -1.60. The third kappa shape index (κ3) is 4.94. The molecule has 0 aromatic carbocycles. The summed E-state index contributed by atoms with van der Waals surface area (Å²) in [6, 6.07) is 1.60. The monoisotopic (exact) mass is 395 g/mol. The molecular weight excluding hydrogens is 373 g/mol. The maximum Gasteiger partial charge on any atom is 0.410 e. The molecule has 1 fully saturated rings. The highest BCUT2D eigenvalue weighted by atomic mass is 35.5. The predicted octanol–water partition coefficient (Wildman–Crippen LogP) is 3.83. The van der Waals surface area contributed by atoms with Gasteiger partial charge in [-0.15, -0.1) is 0 Å². The highest BCUT2D eigenvalue weighted by molar-refractivity contribution is 6.30. The Morgan fingerprint density at radius 1 is 1.41 bits per heavy atom. The Bertz CT molecular complexity index is 844. The zero-order chi connectivity index (χ0) is 19.7. The van der Waals surface area contributed by atoms with Crippen molar-refractivity contribution in [3.63, 3.8) is 0 Å². The number of aromatic nitrogens is 3. The van der Waals surface area contributed by atoms with Gasteiger partial charge in [-0.2, -0.15) is 0 Å². The molecule has 1 atom stereocenters. The zero-order valence-corrected chi connectivity index (χ0v) is 16.4. The number of hydrogen-bond donors (Lipinski definition) is 1. The second kappa shape index (κ2) is 7.42. The van der Waals surface area contributed by atoms with E-state index in [2.05, 4.69) is 20.3 Å². The van der Waals surface area contributed by atoms with Gasteiger partial charge in [0.05, 0.1) is 18.6 Å². The third-order valence-electron chi connectivity index (χ3n) is 4.18. The van der Waals surface area contributed by atoms with E-state index in [1.165, 1.54) is 4.90 Å². The average Bonchev–Trinajstić information content (AvgIpc) is 2.58. The highest BCUT2D eigenvalue weighted by Gasteiger charge is 2.38. The van der Waals surface area contributed by atoms with E-state index in [9.17, 15) is 4.79 Å². The van der Waals surface area contributed by atoms with Crippen molar-refractivity contribution in [2.75, 3.05) is 25.0 Å². The number of pyridine rings is 1. The first kappa shape index (κ1) is 19.5. The van der Waals surface area contributed by atoms with Gasteiger partial charge in [0, 0.05) is 25.0 Å². The molecule has 146 valence electrons. The van der Waals surface area contributed by atoms with Gasteiger partial charge in [0.25, 0.3) is 0 Å². The fraction of sp³-hybridized carbons (Fsp3) is 0.556. The summed E-state index contributed by atoms with van der Waals surface area (Å²) in [5.41, 5.74) is -1.13. The first-order valence-electron chi connectivity index (χ1n) is 8.83. The van der Waals surface area contributed by atoms with Gasteiger partial charge in [-0.25, -0.2) is 19.2 Å². The van der Waals surface area contributed by atoms with Crippen molar-refractivity contribution in [1.29, 1.82) is 0 Å². The Balaban J connectivity index is 1.71. The predicted molar refractivity (Wildman–Crippen MR) is 102 cm³/mol. The second-order valence-electron chi connectivity index (χ2n) is 7.73. The Labute approximate surface area is 162 Å². The number of rotatable bonds is 3. The lowest BCUT2D eigenvalue weighted by Gasteiger charge is -2.38. The van der Waals surface area contributed by atoms with Crippen molar-refractivity contribution in [3.05, 3.63) is 23.6 Å². The summed E-state index contributed by atoms with van der Waals surface area (Å²) in [6.07, 6.45) is 3.49. The second-order valence-corrected chi connectivity index (χ2v) is 8.11. The SMILES string of the molecule is CC(C)(C)OC(=O)N1CCC[C@@](F)(CNc2nc(Cl)cc3nccnc23)C1. The van der Waals surface area contributed by atoms with Gasteiger partial charge >= 0.3 is 6.09 Å². The molecular formula is C18H23ClFN5O2. The Kier molecular flexibility index (Phi) is 5.37. The summed E-state index contributed by atoms with van der Waals surface area (Å²) < 4.78 is 20.8. The van der Waals surface area contributed by atoms with Crippen LogP contribution >= 0.6 is 11.6 Å². The van der Waals surface area contributed by atoms with Crippen LogP contribution in [0.5, 0.6) is 0 Å². The van der Waals surface area contributed by atoms with Crippen molar-refractivity contribution in [3.8, 4) is 0 Å². The lowest BCUT2D eigenvalue weighted by atomic mass is 9.95. The van der Waals surface area contributed by atoms with Crippen LogP contribution in [-0.2, 0) is 4.74 Å². The number of halogens is 2. The minimum absolute atomic E-state index is 0.0225. The molecule has 0 radical (unpaired) electrons. The quantitative estimate of drug-likeness (QED) is 0.795. The van der Waals surface area contributed by atoms with Crippen molar-refractivity contribution >= 4 is 34.5 Å². The van der Waals surface area contributed by atoms with Crippen LogP contribution in [-0.4, -0.2) is 56.8 Å². The van der Waals surface area contributed by atoms with E-state index in [-0.39, 0.29) is 18.2 Å². The van der Waals surface area contributed by atoms with Gasteiger partial charge < -0.3 is 15.0 Å². The third-order valence-corrected chi connectivity index (χ3v) is 4.37. The van der Waals surface area contributed by atoms with E-state index in [1.807, 2.05) is 0 Å². The number of carbonyl (C=O) groups excluding carboxylic acids is 1.